The van der Waals surface area contributed by atoms with Crippen molar-refractivity contribution in [2.45, 2.75) is 39.4 Å². The first-order chi connectivity index (χ1) is 24.9. The number of anilines is 1. The molecule has 0 aliphatic rings. The normalized spacial score (nSPS) is 11.7. The van der Waals surface area contributed by atoms with Gasteiger partial charge in [0.15, 0.2) is 11.6 Å². The fraction of sp³-hybridized carbons (Fsp3) is 0.263. The summed E-state index contributed by atoms with van der Waals surface area (Å²) in [5.41, 5.74) is 10.6. The minimum absolute atomic E-state index is 0.0160. The molecule has 0 aliphatic carbocycles. The molecule has 0 spiro atoms. The largest absolute Gasteiger partial charge is 0.464 e. The van der Waals surface area contributed by atoms with Crippen molar-refractivity contribution in [3.8, 4) is 11.4 Å². The predicted molar refractivity (Wildman–Crippen MR) is 196 cm³/mol. The number of nitrogens with two attached hydrogens (primary N) is 1. The molecule has 1 atom stereocenters. The third-order valence-electron chi connectivity index (χ3n) is 8.26. The van der Waals surface area contributed by atoms with Crippen molar-refractivity contribution in [2.75, 3.05) is 31.2 Å². The summed E-state index contributed by atoms with van der Waals surface area (Å²) in [5.74, 6) is -2.64. The second-order valence-corrected chi connectivity index (χ2v) is 12.9. The van der Waals surface area contributed by atoms with Crippen LogP contribution < -0.4 is 16.0 Å². The van der Waals surface area contributed by atoms with Crippen molar-refractivity contribution in [3.63, 3.8) is 0 Å². The number of rotatable bonds is 16. The lowest BCUT2D eigenvalue weighted by molar-refractivity contribution is -0.141. The van der Waals surface area contributed by atoms with Crippen molar-refractivity contribution < 1.29 is 32.6 Å². The lowest BCUT2D eigenvalue weighted by Gasteiger charge is -2.24. The van der Waals surface area contributed by atoms with Gasteiger partial charge in [0.05, 0.1) is 34.2 Å². The Bertz CT molecular complexity index is 2060. The summed E-state index contributed by atoms with van der Waals surface area (Å²) in [5, 5.41) is 4.23. The third-order valence-corrected chi connectivity index (χ3v) is 9.00. The number of hydrogen-bond donors (Lipinski definition) is 2. The van der Waals surface area contributed by atoms with Crippen molar-refractivity contribution in [2.24, 2.45) is 5.73 Å². The number of primary amides is 1. The van der Waals surface area contributed by atoms with Crippen molar-refractivity contribution >= 4 is 57.8 Å². The maximum Gasteiger partial charge on any atom is 0.302 e. The Balaban J connectivity index is 1.50. The van der Waals surface area contributed by atoms with E-state index < -0.39 is 35.5 Å². The molecule has 0 bridgehead atoms. The molecule has 1 amide bonds. The van der Waals surface area contributed by atoms with Gasteiger partial charge in [-0.2, -0.15) is 0 Å². The Hall–Kier alpha value is -5.04. The van der Waals surface area contributed by atoms with E-state index in [1.807, 2.05) is 58.0 Å². The zero-order valence-electron chi connectivity index (χ0n) is 28.5. The standard InChI is InChI=1S/C38H37Cl2F2N5O5/c1-23(48)51-15-13-46(14-16-52-24(2)49)29-8-5-27(6-9-29)38-45-35-19-28(7-12-36(35)47(38)22-26-4-11-32(41)33(42)18-26)34(20-37(43)50)44-21-25-3-10-30(39)31(40)17-25/h3-12,17-19,34,44H,13-16,20-22H2,1-2H3,(H2,43,50). The number of benzene rings is 4. The van der Waals surface area contributed by atoms with Crippen LogP contribution in [0, 0.1) is 11.6 Å². The van der Waals surface area contributed by atoms with Gasteiger partial charge in [0.2, 0.25) is 5.91 Å². The van der Waals surface area contributed by atoms with Crippen LogP contribution in [0.4, 0.5) is 14.5 Å². The highest BCUT2D eigenvalue weighted by Gasteiger charge is 2.20. The summed E-state index contributed by atoms with van der Waals surface area (Å²) in [6.07, 6.45) is 0.0160. The molecule has 0 radical (unpaired) electrons. The molecule has 4 aromatic carbocycles. The first-order valence-corrected chi connectivity index (χ1v) is 17.2. The zero-order valence-corrected chi connectivity index (χ0v) is 30.0. The van der Waals surface area contributed by atoms with Crippen molar-refractivity contribution in [1.29, 1.82) is 0 Å². The molecule has 5 rings (SSSR count). The second kappa shape index (κ2) is 17.5. The van der Waals surface area contributed by atoms with Crippen molar-refractivity contribution in [3.05, 3.63) is 117 Å². The number of esters is 2. The molecular formula is C38H37Cl2F2N5O5. The van der Waals surface area contributed by atoms with Crippen molar-refractivity contribution in [1.82, 2.24) is 14.9 Å². The summed E-state index contributed by atoms with van der Waals surface area (Å²) in [6.45, 7) is 4.24. The maximum atomic E-state index is 14.3. The molecular weight excluding hydrogens is 715 g/mol. The van der Waals surface area contributed by atoms with Gasteiger partial charge in [0.25, 0.3) is 0 Å². The minimum atomic E-state index is -0.958. The van der Waals surface area contributed by atoms with E-state index in [1.54, 1.807) is 12.1 Å². The SMILES string of the molecule is CC(=O)OCCN(CCOC(C)=O)c1ccc(-c2nc3cc(C(CC(N)=O)NCc4ccc(Cl)c(Cl)c4)ccc3n2Cc2ccc(F)c(F)c2)cc1. The highest BCUT2D eigenvalue weighted by Crippen LogP contribution is 2.31. The van der Waals surface area contributed by atoms with Crippen LogP contribution in [0.2, 0.25) is 10.0 Å². The summed E-state index contributed by atoms with van der Waals surface area (Å²) in [6, 6.07) is 21.7. The maximum absolute atomic E-state index is 14.3. The number of ether oxygens (including phenoxy) is 2. The number of imidazole rings is 1. The molecule has 272 valence electrons. The third kappa shape index (κ3) is 10.1. The number of nitrogens with zero attached hydrogens (tertiary/aromatic N) is 3. The molecule has 0 fully saturated rings. The van der Waals surface area contributed by atoms with Crippen LogP contribution in [-0.4, -0.2) is 53.7 Å². The quantitative estimate of drug-likeness (QED) is 0.103. The van der Waals surface area contributed by atoms with Gasteiger partial charge in [-0.05, 0) is 77.4 Å². The predicted octanol–water partition coefficient (Wildman–Crippen LogP) is 6.98. The molecule has 1 heterocycles. The molecule has 1 unspecified atom stereocenters. The number of amides is 1. The number of halogens is 4. The van der Waals surface area contributed by atoms with Crippen LogP contribution in [0.3, 0.4) is 0 Å². The molecule has 52 heavy (non-hydrogen) atoms. The summed E-state index contributed by atoms with van der Waals surface area (Å²) in [7, 11) is 0. The first-order valence-electron chi connectivity index (χ1n) is 16.4. The van der Waals surface area contributed by atoms with Crippen LogP contribution in [-0.2, 0) is 36.9 Å². The minimum Gasteiger partial charge on any atom is -0.464 e. The van der Waals surface area contributed by atoms with Gasteiger partial charge in [0, 0.05) is 50.7 Å². The van der Waals surface area contributed by atoms with Crippen LogP contribution in [0.1, 0.15) is 43.0 Å². The Labute approximate surface area is 309 Å². The smallest absolute Gasteiger partial charge is 0.302 e. The van der Waals surface area contributed by atoms with E-state index in [9.17, 15) is 23.2 Å². The van der Waals surface area contributed by atoms with Gasteiger partial charge >= 0.3 is 11.9 Å². The lowest BCUT2D eigenvalue weighted by atomic mass is 10.0. The summed E-state index contributed by atoms with van der Waals surface area (Å²) in [4.78, 5) is 41.8. The molecule has 0 saturated heterocycles. The fourth-order valence-electron chi connectivity index (χ4n) is 5.75. The highest BCUT2D eigenvalue weighted by atomic mass is 35.5. The van der Waals surface area contributed by atoms with E-state index >= 15 is 0 Å². The van der Waals surface area contributed by atoms with E-state index in [2.05, 4.69) is 5.32 Å². The molecule has 0 aliphatic heterocycles. The van der Waals surface area contributed by atoms with E-state index in [1.165, 1.54) is 19.9 Å². The van der Waals surface area contributed by atoms with E-state index in [0.29, 0.717) is 46.6 Å². The number of hydrogen-bond acceptors (Lipinski definition) is 8. The summed E-state index contributed by atoms with van der Waals surface area (Å²) >= 11 is 12.3. The highest BCUT2D eigenvalue weighted by molar-refractivity contribution is 6.42. The average molecular weight is 753 g/mol. The fourth-order valence-corrected chi connectivity index (χ4v) is 6.08. The van der Waals surface area contributed by atoms with Crippen LogP contribution in [0.25, 0.3) is 22.4 Å². The number of nitrogens with one attached hydrogen (secondary N) is 1. The number of carbonyl (C=O) groups is 3. The molecule has 5 aromatic rings. The molecule has 14 heteroatoms. The molecule has 1 aromatic heterocycles. The van der Waals surface area contributed by atoms with Gasteiger partial charge < -0.3 is 30.0 Å². The average Bonchev–Trinajstić information content (AvgIpc) is 3.46. The lowest BCUT2D eigenvalue weighted by Crippen LogP contribution is -2.31. The van der Waals surface area contributed by atoms with Gasteiger partial charge in [-0.15, -0.1) is 0 Å². The second-order valence-electron chi connectivity index (χ2n) is 12.1. The van der Waals surface area contributed by atoms with Crippen LogP contribution in [0.15, 0.2) is 78.9 Å². The van der Waals surface area contributed by atoms with E-state index in [4.69, 9.17) is 43.4 Å². The van der Waals surface area contributed by atoms with Gasteiger partial charge in [-0.1, -0.05) is 41.4 Å². The van der Waals surface area contributed by atoms with Crippen LogP contribution in [0.5, 0.6) is 0 Å². The Morgan fingerprint density at radius 1 is 0.846 bits per heavy atom. The van der Waals surface area contributed by atoms with Gasteiger partial charge in [-0.25, -0.2) is 13.8 Å². The Morgan fingerprint density at radius 3 is 2.13 bits per heavy atom. The Morgan fingerprint density at radius 2 is 1.52 bits per heavy atom. The van der Waals surface area contributed by atoms with E-state index in [0.717, 1.165) is 40.0 Å². The number of carbonyl (C=O) groups excluding carboxylic acids is 3. The zero-order chi connectivity index (χ0) is 37.4. The van der Waals surface area contributed by atoms with Crippen LogP contribution >= 0.6 is 23.2 Å². The molecule has 3 N–H and O–H groups in total. The number of aromatic nitrogens is 2. The topological polar surface area (TPSA) is 129 Å². The first kappa shape index (κ1) is 38.2. The molecule has 10 nitrogen and oxygen atoms in total. The number of fused-ring (bicyclic) bond motifs is 1. The van der Waals surface area contributed by atoms with Gasteiger partial charge in [-0.3, -0.25) is 14.4 Å². The molecule has 0 saturated carbocycles. The van der Waals surface area contributed by atoms with E-state index in [-0.39, 0.29) is 26.2 Å². The monoisotopic (exact) mass is 751 g/mol. The Kier molecular flexibility index (Phi) is 12.8. The summed E-state index contributed by atoms with van der Waals surface area (Å²) < 4.78 is 40.3. The van der Waals surface area contributed by atoms with Gasteiger partial charge in [0.1, 0.15) is 19.0 Å².